The Bertz CT molecular complexity index is 551. The van der Waals surface area contributed by atoms with Crippen LogP contribution in [0.15, 0.2) is 30.5 Å². The minimum Gasteiger partial charge on any atom is -0.269 e. The molecule has 0 aliphatic carbocycles. The smallest absolute Gasteiger partial charge is 0.232 e. The van der Waals surface area contributed by atoms with Crippen LogP contribution >= 0.6 is 15.9 Å². The van der Waals surface area contributed by atoms with Gasteiger partial charge in [-0.3, -0.25) is 4.31 Å². The number of sulfonamides is 1. The van der Waals surface area contributed by atoms with Gasteiger partial charge < -0.3 is 0 Å². The zero-order chi connectivity index (χ0) is 11.9. The molecule has 0 fully saturated rings. The third-order valence-corrected chi connectivity index (χ3v) is 4.49. The van der Waals surface area contributed by atoms with Crippen molar-refractivity contribution in [2.45, 2.75) is 13.0 Å². The van der Waals surface area contributed by atoms with E-state index in [9.17, 15) is 8.42 Å². The molecule has 0 bridgehead atoms. The molecular weight excluding hydrogens is 290 g/mol. The zero-order valence-corrected chi connectivity index (χ0v) is 11.4. The largest absolute Gasteiger partial charge is 0.269 e. The normalized spacial score (nSPS) is 20.3. The van der Waals surface area contributed by atoms with Crippen LogP contribution in [0.5, 0.6) is 0 Å². The number of hydrogen-bond acceptors (Lipinski definition) is 2. The van der Waals surface area contributed by atoms with Crippen LogP contribution in [0.3, 0.4) is 0 Å². The average molecular weight is 302 g/mol. The molecule has 0 amide bonds. The van der Waals surface area contributed by atoms with E-state index >= 15 is 0 Å². The molecule has 86 valence electrons. The fourth-order valence-corrected chi connectivity index (χ4v) is 3.59. The predicted octanol–water partition coefficient (Wildman–Crippen LogP) is 2.72. The first-order valence-corrected chi connectivity index (χ1v) is 7.50. The van der Waals surface area contributed by atoms with E-state index in [2.05, 4.69) is 15.9 Å². The molecule has 1 aromatic carbocycles. The second kappa shape index (κ2) is 3.89. The summed E-state index contributed by atoms with van der Waals surface area (Å²) in [6, 6.07) is 7.63. The summed E-state index contributed by atoms with van der Waals surface area (Å²) < 4.78 is 25.4. The Kier molecular flexibility index (Phi) is 2.84. The summed E-state index contributed by atoms with van der Waals surface area (Å²) in [5.41, 5.74) is 2.07. The topological polar surface area (TPSA) is 37.4 Å². The Morgan fingerprint density at radius 1 is 1.31 bits per heavy atom. The number of rotatable bonds is 1. The Labute approximate surface area is 104 Å². The van der Waals surface area contributed by atoms with Gasteiger partial charge in [-0.2, -0.15) is 0 Å². The third kappa shape index (κ3) is 1.89. The SMILES string of the molecule is CC1c2ccccc2C(Br)=CN1S(C)(=O)=O. The summed E-state index contributed by atoms with van der Waals surface area (Å²) in [5.74, 6) is 0. The maximum Gasteiger partial charge on any atom is 0.232 e. The molecule has 2 rings (SSSR count). The lowest BCUT2D eigenvalue weighted by Gasteiger charge is -2.31. The fourth-order valence-electron chi connectivity index (χ4n) is 1.89. The number of fused-ring (bicyclic) bond motifs is 1. The van der Waals surface area contributed by atoms with Gasteiger partial charge in [-0.15, -0.1) is 0 Å². The number of halogens is 1. The lowest BCUT2D eigenvalue weighted by molar-refractivity contribution is 0.431. The van der Waals surface area contributed by atoms with Gasteiger partial charge in [0, 0.05) is 10.7 Å². The third-order valence-electron chi connectivity index (χ3n) is 2.67. The van der Waals surface area contributed by atoms with Crippen LogP contribution in [0.4, 0.5) is 0 Å². The van der Waals surface area contributed by atoms with Gasteiger partial charge >= 0.3 is 0 Å². The molecule has 0 saturated heterocycles. The first kappa shape index (κ1) is 11.7. The Morgan fingerprint density at radius 2 is 1.94 bits per heavy atom. The van der Waals surface area contributed by atoms with Crippen molar-refractivity contribution in [1.29, 1.82) is 0 Å². The highest BCUT2D eigenvalue weighted by molar-refractivity contribution is 9.15. The molecule has 0 radical (unpaired) electrons. The second-order valence-corrected chi connectivity index (χ2v) is 6.58. The molecule has 1 heterocycles. The molecule has 1 aliphatic heterocycles. The first-order valence-electron chi connectivity index (χ1n) is 4.86. The molecule has 0 saturated carbocycles. The van der Waals surface area contributed by atoms with E-state index in [1.165, 1.54) is 10.6 Å². The minimum atomic E-state index is -3.22. The van der Waals surface area contributed by atoms with Gasteiger partial charge in [0.2, 0.25) is 10.0 Å². The highest BCUT2D eigenvalue weighted by Crippen LogP contribution is 2.38. The molecule has 0 N–H and O–H groups in total. The maximum atomic E-state index is 11.6. The highest BCUT2D eigenvalue weighted by atomic mass is 79.9. The summed E-state index contributed by atoms with van der Waals surface area (Å²) in [6.45, 7) is 1.88. The summed E-state index contributed by atoms with van der Waals surface area (Å²) >= 11 is 3.40. The lowest BCUT2D eigenvalue weighted by Crippen LogP contribution is -2.30. The molecule has 1 aliphatic rings. The molecular formula is C11H12BrNO2S. The zero-order valence-electron chi connectivity index (χ0n) is 9.01. The van der Waals surface area contributed by atoms with Gasteiger partial charge in [-0.1, -0.05) is 24.3 Å². The van der Waals surface area contributed by atoms with Gasteiger partial charge in [0.05, 0.1) is 12.3 Å². The van der Waals surface area contributed by atoms with Gasteiger partial charge in [-0.05, 0) is 34.0 Å². The van der Waals surface area contributed by atoms with Gasteiger partial charge in [0.15, 0.2) is 0 Å². The Morgan fingerprint density at radius 3 is 2.56 bits per heavy atom. The fraction of sp³-hybridized carbons (Fsp3) is 0.273. The van der Waals surface area contributed by atoms with Crippen LogP contribution in [-0.2, 0) is 10.0 Å². The standard InChI is InChI=1S/C11H12BrNO2S/c1-8-9-5-3-4-6-10(9)11(12)7-13(8)16(2,14)15/h3-8H,1-2H3. The number of hydrogen-bond donors (Lipinski definition) is 0. The molecule has 1 unspecified atom stereocenters. The van der Waals surface area contributed by atoms with E-state index in [0.717, 1.165) is 15.6 Å². The quantitative estimate of drug-likeness (QED) is 0.800. The second-order valence-electron chi connectivity index (χ2n) is 3.83. The summed E-state index contributed by atoms with van der Waals surface area (Å²) in [7, 11) is -3.22. The summed E-state index contributed by atoms with van der Waals surface area (Å²) in [5, 5.41) is 0. The van der Waals surface area contributed by atoms with Gasteiger partial charge in [-0.25, -0.2) is 8.42 Å². The van der Waals surface area contributed by atoms with Gasteiger partial charge in [0.25, 0.3) is 0 Å². The van der Waals surface area contributed by atoms with Crippen LogP contribution in [0.1, 0.15) is 24.1 Å². The van der Waals surface area contributed by atoms with Crippen molar-refractivity contribution in [3.05, 3.63) is 41.6 Å². The molecule has 5 heteroatoms. The number of nitrogens with zero attached hydrogens (tertiary/aromatic N) is 1. The van der Waals surface area contributed by atoms with Crippen molar-refractivity contribution >= 4 is 30.4 Å². The van der Waals surface area contributed by atoms with Crippen LogP contribution < -0.4 is 0 Å². The molecule has 3 nitrogen and oxygen atoms in total. The van der Waals surface area contributed by atoms with E-state index < -0.39 is 10.0 Å². The Balaban J connectivity index is 2.60. The monoisotopic (exact) mass is 301 g/mol. The van der Waals surface area contributed by atoms with Crippen molar-refractivity contribution in [1.82, 2.24) is 4.31 Å². The number of benzene rings is 1. The van der Waals surface area contributed by atoms with Crippen molar-refractivity contribution in [2.75, 3.05) is 6.26 Å². The molecule has 0 spiro atoms. The predicted molar refractivity (Wildman–Crippen MR) is 68.4 cm³/mol. The van der Waals surface area contributed by atoms with Crippen LogP contribution in [-0.4, -0.2) is 19.0 Å². The van der Waals surface area contributed by atoms with Gasteiger partial charge in [0.1, 0.15) is 0 Å². The van der Waals surface area contributed by atoms with E-state index in [-0.39, 0.29) is 6.04 Å². The van der Waals surface area contributed by atoms with Crippen molar-refractivity contribution in [3.8, 4) is 0 Å². The molecule has 1 aromatic rings. The van der Waals surface area contributed by atoms with E-state index in [4.69, 9.17) is 0 Å². The highest BCUT2D eigenvalue weighted by Gasteiger charge is 2.27. The van der Waals surface area contributed by atoms with E-state index in [1.54, 1.807) is 6.20 Å². The van der Waals surface area contributed by atoms with Crippen LogP contribution in [0.2, 0.25) is 0 Å². The lowest BCUT2D eigenvalue weighted by atomic mass is 9.99. The Hall–Kier alpha value is -0.810. The van der Waals surface area contributed by atoms with Crippen molar-refractivity contribution in [3.63, 3.8) is 0 Å². The van der Waals surface area contributed by atoms with Crippen molar-refractivity contribution in [2.24, 2.45) is 0 Å². The molecule has 16 heavy (non-hydrogen) atoms. The maximum absolute atomic E-state index is 11.6. The van der Waals surface area contributed by atoms with Crippen molar-refractivity contribution < 1.29 is 8.42 Å². The minimum absolute atomic E-state index is 0.160. The van der Waals surface area contributed by atoms with E-state index in [1.807, 2.05) is 31.2 Å². The van der Waals surface area contributed by atoms with E-state index in [0.29, 0.717) is 0 Å². The van der Waals surface area contributed by atoms with Crippen LogP contribution in [0, 0.1) is 0 Å². The first-order chi connectivity index (χ1) is 7.41. The average Bonchev–Trinajstić information content (AvgIpc) is 2.22. The molecule has 1 atom stereocenters. The van der Waals surface area contributed by atoms with Crippen LogP contribution in [0.25, 0.3) is 4.48 Å². The summed E-state index contributed by atoms with van der Waals surface area (Å²) in [6.07, 6.45) is 2.84. The molecule has 0 aromatic heterocycles. The summed E-state index contributed by atoms with van der Waals surface area (Å²) in [4.78, 5) is 0.